The molecule has 0 amide bonds. The van der Waals surface area contributed by atoms with Gasteiger partial charge in [-0.25, -0.2) is 4.39 Å². The summed E-state index contributed by atoms with van der Waals surface area (Å²) in [5.41, 5.74) is 3.56. The van der Waals surface area contributed by atoms with E-state index in [0.717, 1.165) is 14.5 Å². The Balaban J connectivity index is 2.28. The molecule has 2 aromatic rings. The normalized spacial score (nSPS) is 12.7. The van der Waals surface area contributed by atoms with E-state index in [1.54, 1.807) is 17.4 Å². The topological polar surface area (TPSA) is 38.0 Å². The average molecular weight is 394 g/mol. The maximum atomic E-state index is 13.3. The lowest BCUT2D eigenvalue weighted by molar-refractivity contribution is 0.545. The molecular formula is C12H11Br2FN2S. The summed E-state index contributed by atoms with van der Waals surface area (Å²) in [7, 11) is 0. The van der Waals surface area contributed by atoms with Crippen LogP contribution in [0.3, 0.4) is 0 Å². The number of rotatable bonds is 4. The molecule has 0 bridgehead atoms. The van der Waals surface area contributed by atoms with Crippen LogP contribution in [0.25, 0.3) is 0 Å². The van der Waals surface area contributed by atoms with Crippen molar-refractivity contribution in [2.24, 2.45) is 5.84 Å². The first-order valence-electron chi connectivity index (χ1n) is 5.24. The minimum absolute atomic E-state index is 0.134. The van der Waals surface area contributed by atoms with Crippen LogP contribution in [-0.4, -0.2) is 0 Å². The van der Waals surface area contributed by atoms with E-state index in [9.17, 15) is 4.39 Å². The van der Waals surface area contributed by atoms with E-state index in [1.807, 2.05) is 11.4 Å². The van der Waals surface area contributed by atoms with Crippen LogP contribution < -0.4 is 11.3 Å². The van der Waals surface area contributed by atoms with Gasteiger partial charge in [-0.2, -0.15) is 0 Å². The van der Waals surface area contributed by atoms with Crippen molar-refractivity contribution in [2.45, 2.75) is 12.5 Å². The Hall–Kier alpha value is -0.270. The molecule has 0 radical (unpaired) electrons. The zero-order chi connectivity index (χ0) is 13.1. The third-order valence-corrected chi connectivity index (χ3v) is 5.29. The second-order valence-corrected chi connectivity index (χ2v) is 6.49. The van der Waals surface area contributed by atoms with Gasteiger partial charge in [0.2, 0.25) is 0 Å². The van der Waals surface area contributed by atoms with Gasteiger partial charge in [-0.05, 0) is 51.1 Å². The molecule has 2 nitrogen and oxygen atoms in total. The average Bonchev–Trinajstić information content (AvgIpc) is 2.75. The summed E-state index contributed by atoms with van der Waals surface area (Å²) >= 11 is 8.56. The summed E-state index contributed by atoms with van der Waals surface area (Å²) in [5.74, 6) is 5.32. The van der Waals surface area contributed by atoms with Crippen LogP contribution in [0.1, 0.15) is 16.5 Å². The van der Waals surface area contributed by atoms with Gasteiger partial charge in [0.25, 0.3) is 0 Å². The molecule has 1 unspecified atom stereocenters. The Morgan fingerprint density at radius 1 is 1.28 bits per heavy atom. The standard InChI is InChI=1S/C12H11Br2FN2S/c13-9-2-1-7(15)5-8(9)11(17-16)6-12-10(14)3-4-18-12/h1-5,11,17H,6,16H2. The second kappa shape index (κ2) is 6.25. The van der Waals surface area contributed by atoms with Crippen molar-refractivity contribution in [2.75, 3.05) is 0 Å². The Morgan fingerprint density at radius 2 is 2.06 bits per heavy atom. The van der Waals surface area contributed by atoms with E-state index in [0.29, 0.717) is 6.42 Å². The van der Waals surface area contributed by atoms with Gasteiger partial charge in [0.05, 0.1) is 6.04 Å². The van der Waals surface area contributed by atoms with E-state index in [-0.39, 0.29) is 11.9 Å². The van der Waals surface area contributed by atoms with Crippen molar-refractivity contribution in [3.63, 3.8) is 0 Å². The molecule has 1 heterocycles. The number of thiophene rings is 1. The van der Waals surface area contributed by atoms with Gasteiger partial charge in [-0.1, -0.05) is 15.9 Å². The molecule has 0 aliphatic heterocycles. The van der Waals surface area contributed by atoms with E-state index in [4.69, 9.17) is 5.84 Å². The monoisotopic (exact) mass is 392 g/mol. The molecule has 0 spiro atoms. The van der Waals surface area contributed by atoms with Gasteiger partial charge in [0.15, 0.2) is 0 Å². The molecule has 0 aliphatic carbocycles. The lowest BCUT2D eigenvalue weighted by Crippen LogP contribution is -2.29. The molecule has 1 atom stereocenters. The number of benzene rings is 1. The number of hydrogen-bond acceptors (Lipinski definition) is 3. The summed E-state index contributed by atoms with van der Waals surface area (Å²) < 4.78 is 15.2. The van der Waals surface area contributed by atoms with Gasteiger partial charge in [-0.3, -0.25) is 11.3 Å². The maximum Gasteiger partial charge on any atom is 0.123 e. The summed E-state index contributed by atoms with van der Waals surface area (Å²) in [6, 6.07) is 6.47. The molecule has 1 aromatic heterocycles. The summed E-state index contributed by atoms with van der Waals surface area (Å²) in [6.45, 7) is 0. The first-order valence-corrected chi connectivity index (χ1v) is 7.71. The largest absolute Gasteiger partial charge is 0.271 e. The van der Waals surface area contributed by atoms with Gasteiger partial charge >= 0.3 is 0 Å². The zero-order valence-corrected chi connectivity index (χ0v) is 13.3. The first kappa shape index (κ1) is 14.1. The van der Waals surface area contributed by atoms with E-state index in [2.05, 4.69) is 37.3 Å². The lowest BCUT2D eigenvalue weighted by Gasteiger charge is -2.17. The smallest absolute Gasteiger partial charge is 0.123 e. The van der Waals surface area contributed by atoms with Crippen molar-refractivity contribution in [3.8, 4) is 0 Å². The van der Waals surface area contributed by atoms with Crippen molar-refractivity contribution in [3.05, 3.63) is 54.8 Å². The minimum Gasteiger partial charge on any atom is -0.271 e. The molecule has 6 heteroatoms. The Kier molecular flexibility index (Phi) is 4.91. The van der Waals surface area contributed by atoms with Crippen molar-refractivity contribution in [1.29, 1.82) is 0 Å². The fourth-order valence-corrected chi connectivity index (χ4v) is 3.78. The predicted octanol–water partition coefficient (Wildman–Crippen LogP) is 4.16. The molecule has 0 saturated heterocycles. The fourth-order valence-electron chi connectivity index (χ4n) is 1.70. The molecule has 0 aliphatic rings. The number of nitrogens with one attached hydrogen (secondary N) is 1. The Bertz CT molecular complexity index is 545. The summed E-state index contributed by atoms with van der Waals surface area (Å²) in [6.07, 6.45) is 0.705. The fraction of sp³-hybridized carbons (Fsp3) is 0.167. The van der Waals surface area contributed by atoms with Crippen LogP contribution in [0.5, 0.6) is 0 Å². The van der Waals surface area contributed by atoms with Gasteiger partial charge in [-0.15, -0.1) is 11.3 Å². The predicted molar refractivity (Wildman–Crippen MR) is 79.9 cm³/mol. The zero-order valence-electron chi connectivity index (χ0n) is 9.29. The van der Waals surface area contributed by atoms with Crippen molar-refractivity contribution >= 4 is 43.2 Å². The number of halogens is 3. The van der Waals surface area contributed by atoms with Crippen LogP contribution >= 0.6 is 43.2 Å². The van der Waals surface area contributed by atoms with Crippen molar-refractivity contribution < 1.29 is 4.39 Å². The third-order valence-electron chi connectivity index (χ3n) is 2.62. The van der Waals surface area contributed by atoms with Crippen LogP contribution in [0, 0.1) is 5.82 Å². The van der Waals surface area contributed by atoms with Crippen LogP contribution in [0.2, 0.25) is 0 Å². The lowest BCUT2D eigenvalue weighted by atomic mass is 10.0. The Morgan fingerprint density at radius 3 is 2.67 bits per heavy atom. The molecule has 0 fully saturated rings. The van der Waals surface area contributed by atoms with E-state index in [1.165, 1.54) is 17.0 Å². The third kappa shape index (κ3) is 3.19. The van der Waals surface area contributed by atoms with Crippen LogP contribution in [-0.2, 0) is 6.42 Å². The highest BCUT2D eigenvalue weighted by Gasteiger charge is 2.16. The molecule has 0 saturated carbocycles. The molecule has 2 rings (SSSR count). The highest BCUT2D eigenvalue weighted by Crippen LogP contribution is 2.31. The second-order valence-electron chi connectivity index (χ2n) is 3.78. The molecule has 18 heavy (non-hydrogen) atoms. The van der Waals surface area contributed by atoms with Gasteiger partial charge < -0.3 is 0 Å². The molecule has 96 valence electrons. The molecule has 1 aromatic carbocycles. The van der Waals surface area contributed by atoms with Gasteiger partial charge in [0.1, 0.15) is 5.82 Å². The maximum absolute atomic E-state index is 13.3. The van der Waals surface area contributed by atoms with E-state index >= 15 is 0 Å². The number of nitrogens with two attached hydrogens (primary N) is 1. The quantitative estimate of drug-likeness (QED) is 0.604. The highest BCUT2D eigenvalue weighted by molar-refractivity contribution is 9.10. The summed E-state index contributed by atoms with van der Waals surface area (Å²) in [5, 5.41) is 2.01. The minimum atomic E-state index is -0.265. The van der Waals surface area contributed by atoms with Crippen LogP contribution in [0.15, 0.2) is 38.6 Å². The number of hydrazine groups is 1. The molecule has 3 N–H and O–H groups in total. The first-order chi connectivity index (χ1) is 8.61. The number of hydrogen-bond donors (Lipinski definition) is 2. The van der Waals surface area contributed by atoms with Gasteiger partial charge in [0, 0.05) is 20.2 Å². The SMILES string of the molecule is NNC(Cc1sccc1Br)c1cc(F)ccc1Br. The van der Waals surface area contributed by atoms with Crippen LogP contribution in [0.4, 0.5) is 4.39 Å². The molecular weight excluding hydrogens is 383 g/mol. The van der Waals surface area contributed by atoms with E-state index < -0.39 is 0 Å². The van der Waals surface area contributed by atoms with Crippen molar-refractivity contribution in [1.82, 2.24) is 5.43 Å². The summed E-state index contributed by atoms with van der Waals surface area (Å²) in [4.78, 5) is 1.18. The Labute approximate surface area is 126 Å². The highest BCUT2D eigenvalue weighted by atomic mass is 79.9.